The molecule has 6 heteroatoms. The van der Waals surface area contributed by atoms with Gasteiger partial charge in [0.2, 0.25) is 0 Å². The normalized spacial score (nSPS) is 23.1. The van der Waals surface area contributed by atoms with Crippen LogP contribution in [0.5, 0.6) is 0 Å². The molecule has 4 nitrogen and oxygen atoms in total. The van der Waals surface area contributed by atoms with Crippen LogP contribution in [0.25, 0.3) is 0 Å². The van der Waals surface area contributed by atoms with Crippen molar-refractivity contribution < 1.29 is 13.9 Å². The van der Waals surface area contributed by atoms with Crippen LogP contribution in [0, 0.1) is 11.7 Å². The number of hydrogen-bond donors (Lipinski definition) is 1. The summed E-state index contributed by atoms with van der Waals surface area (Å²) in [6, 6.07) is 1.08. The topological polar surface area (TPSA) is 51.2 Å². The maximum atomic E-state index is 13.0. The average Bonchev–Trinajstić information content (AvgIpc) is 2.75. The molecule has 0 saturated carbocycles. The molecule has 98 valence electrons. The van der Waals surface area contributed by atoms with Crippen LogP contribution in [-0.2, 0) is 4.74 Å². The van der Waals surface area contributed by atoms with E-state index in [1.165, 1.54) is 0 Å². The van der Waals surface area contributed by atoms with E-state index < -0.39 is 11.7 Å². The number of pyridine rings is 1. The molecule has 0 radical (unpaired) electrons. The SMILES string of the molecule is CC1OCCC1CNC(=O)c1cc(F)cnc1Cl. The molecule has 2 heterocycles. The Morgan fingerprint density at radius 1 is 1.72 bits per heavy atom. The third-order valence-corrected chi connectivity index (χ3v) is 3.41. The van der Waals surface area contributed by atoms with Crippen molar-refractivity contribution in [3.8, 4) is 0 Å². The van der Waals surface area contributed by atoms with E-state index >= 15 is 0 Å². The van der Waals surface area contributed by atoms with Crippen molar-refractivity contribution in [1.82, 2.24) is 10.3 Å². The molecule has 1 aromatic heterocycles. The molecule has 1 N–H and O–H groups in total. The van der Waals surface area contributed by atoms with Gasteiger partial charge in [-0.2, -0.15) is 0 Å². The Morgan fingerprint density at radius 2 is 2.50 bits per heavy atom. The van der Waals surface area contributed by atoms with Crippen molar-refractivity contribution in [3.63, 3.8) is 0 Å². The Kier molecular flexibility index (Phi) is 4.14. The van der Waals surface area contributed by atoms with Gasteiger partial charge in [0.15, 0.2) is 0 Å². The largest absolute Gasteiger partial charge is 0.378 e. The van der Waals surface area contributed by atoms with E-state index in [1.807, 2.05) is 6.92 Å². The van der Waals surface area contributed by atoms with E-state index in [-0.39, 0.29) is 22.7 Å². The summed E-state index contributed by atoms with van der Waals surface area (Å²) < 4.78 is 18.4. The number of aromatic nitrogens is 1. The quantitative estimate of drug-likeness (QED) is 0.857. The van der Waals surface area contributed by atoms with Crippen molar-refractivity contribution in [1.29, 1.82) is 0 Å². The minimum Gasteiger partial charge on any atom is -0.378 e. The van der Waals surface area contributed by atoms with E-state index in [1.54, 1.807) is 0 Å². The number of hydrogen-bond acceptors (Lipinski definition) is 3. The van der Waals surface area contributed by atoms with Gasteiger partial charge in [0, 0.05) is 19.1 Å². The van der Waals surface area contributed by atoms with E-state index in [0.29, 0.717) is 13.2 Å². The zero-order valence-corrected chi connectivity index (χ0v) is 10.7. The highest BCUT2D eigenvalue weighted by Gasteiger charge is 2.25. The molecular formula is C12H14ClFN2O2. The Balaban J connectivity index is 1.97. The number of carbonyl (C=O) groups excluding carboxylic acids is 1. The number of rotatable bonds is 3. The molecule has 1 fully saturated rings. The van der Waals surface area contributed by atoms with Gasteiger partial charge in [-0.25, -0.2) is 9.37 Å². The fourth-order valence-electron chi connectivity index (χ4n) is 1.94. The van der Waals surface area contributed by atoms with Crippen molar-refractivity contribution in [2.24, 2.45) is 5.92 Å². The molecule has 2 atom stereocenters. The Labute approximate surface area is 109 Å². The van der Waals surface area contributed by atoms with Crippen LogP contribution in [0.4, 0.5) is 4.39 Å². The Bertz CT molecular complexity index is 456. The number of ether oxygens (including phenoxy) is 1. The number of halogens is 2. The van der Waals surface area contributed by atoms with Gasteiger partial charge in [0.1, 0.15) is 11.0 Å². The van der Waals surface area contributed by atoms with Crippen LogP contribution in [0.3, 0.4) is 0 Å². The summed E-state index contributed by atoms with van der Waals surface area (Å²) in [5.41, 5.74) is 0.0586. The second-order valence-corrected chi connectivity index (χ2v) is 4.68. The van der Waals surface area contributed by atoms with Gasteiger partial charge >= 0.3 is 0 Å². The molecule has 2 rings (SSSR count). The molecule has 0 bridgehead atoms. The molecule has 1 aromatic rings. The first kappa shape index (κ1) is 13.2. The molecule has 18 heavy (non-hydrogen) atoms. The first-order chi connectivity index (χ1) is 8.58. The second-order valence-electron chi connectivity index (χ2n) is 4.33. The minimum atomic E-state index is -0.581. The summed E-state index contributed by atoms with van der Waals surface area (Å²) in [6.07, 6.45) is 2.02. The molecule has 1 amide bonds. The van der Waals surface area contributed by atoms with Crippen LogP contribution < -0.4 is 5.32 Å². The lowest BCUT2D eigenvalue weighted by atomic mass is 10.0. The maximum Gasteiger partial charge on any atom is 0.254 e. The second kappa shape index (κ2) is 5.63. The monoisotopic (exact) mass is 272 g/mol. The average molecular weight is 273 g/mol. The fraction of sp³-hybridized carbons (Fsp3) is 0.500. The van der Waals surface area contributed by atoms with Crippen LogP contribution in [0.1, 0.15) is 23.7 Å². The highest BCUT2D eigenvalue weighted by molar-refractivity contribution is 6.32. The van der Waals surface area contributed by atoms with E-state index in [2.05, 4.69) is 10.3 Å². The molecule has 1 aliphatic rings. The third-order valence-electron chi connectivity index (χ3n) is 3.11. The summed E-state index contributed by atoms with van der Waals surface area (Å²) in [6.45, 7) is 3.18. The molecule has 1 aliphatic heterocycles. The van der Waals surface area contributed by atoms with Gasteiger partial charge in [-0.15, -0.1) is 0 Å². The van der Waals surface area contributed by atoms with Crippen molar-refractivity contribution in [2.75, 3.05) is 13.2 Å². The van der Waals surface area contributed by atoms with Crippen LogP contribution in [-0.4, -0.2) is 30.1 Å². The highest BCUT2D eigenvalue weighted by atomic mass is 35.5. The lowest BCUT2D eigenvalue weighted by Gasteiger charge is -2.14. The summed E-state index contributed by atoms with van der Waals surface area (Å²) in [7, 11) is 0. The molecule has 2 unspecified atom stereocenters. The number of amides is 1. The molecule has 1 saturated heterocycles. The van der Waals surface area contributed by atoms with E-state index in [4.69, 9.17) is 16.3 Å². The zero-order valence-electron chi connectivity index (χ0n) is 9.95. The number of carbonyl (C=O) groups is 1. The smallest absolute Gasteiger partial charge is 0.254 e. The summed E-state index contributed by atoms with van der Waals surface area (Å²) >= 11 is 5.75. The van der Waals surface area contributed by atoms with Crippen LogP contribution in [0.2, 0.25) is 5.15 Å². The molecule has 0 spiro atoms. The van der Waals surface area contributed by atoms with Gasteiger partial charge in [-0.1, -0.05) is 11.6 Å². The van der Waals surface area contributed by atoms with E-state index in [0.717, 1.165) is 18.7 Å². The van der Waals surface area contributed by atoms with Crippen molar-refractivity contribution >= 4 is 17.5 Å². The third kappa shape index (κ3) is 2.97. The van der Waals surface area contributed by atoms with Crippen molar-refractivity contribution in [2.45, 2.75) is 19.4 Å². The van der Waals surface area contributed by atoms with E-state index in [9.17, 15) is 9.18 Å². The predicted octanol–water partition coefficient (Wildman–Crippen LogP) is 2.03. The van der Waals surface area contributed by atoms with Crippen LogP contribution >= 0.6 is 11.6 Å². The number of nitrogens with one attached hydrogen (secondary N) is 1. The van der Waals surface area contributed by atoms with Gasteiger partial charge in [0.25, 0.3) is 5.91 Å². The van der Waals surface area contributed by atoms with Gasteiger partial charge < -0.3 is 10.1 Å². The molecule has 0 aliphatic carbocycles. The minimum absolute atomic E-state index is 0.00428. The summed E-state index contributed by atoms with van der Waals surface area (Å²) in [5, 5.41) is 2.73. The fourth-order valence-corrected chi connectivity index (χ4v) is 2.13. The Morgan fingerprint density at radius 3 is 3.17 bits per heavy atom. The maximum absolute atomic E-state index is 13.0. The highest BCUT2D eigenvalue weighted by Crippen LogP contribution is 2.20. The lowest BCUT2D eigenvalue weighted by molar-refractivity contribution is 0.0907. The zero-order chi connectivity index (χ0) is 13.1. The van der Waals surface area contributed by atoms with Crippen molar-refractivity contribution in [3.05, 3.63) is 28.8 Å². The number of nitrogens with zero attached hydrogens (tertiary/aromatic N) is 1. The standard InChI is InChI=1S/C12H14ClFN2O2/c1-7-8(2-3-18-7)5-16-12(17)10-4-9(14)6-15-11(10)13/h4,6-8H,2-3,5H2,1H3,(H,16,17). The lowest BCUT2D eigenvalue weighted by Crippen LogP contribution is -2.32. The summed E-state index contributed by atoms with van der Waals surface area (Å²) in [4.78, 5) is 15.4. The molecular weight excluding hydrogens is 259 g/mol. The Hall–Kier alpha value is -1.20. The van der Waals surface area contributed by atoms with Gasteiger partial charge in [-0.3, -0.25) is 4.79 Å². The predicted molar refractivity (Wildman–Crippen MR) is 65.1 cm³/mol. The summed E-state index contributed by atoms with van der Waals surface area (Å²) in [5.74, 6) is -0.706. The molecule has 0 aromatic carbocycles. The van der Waals surface area contributed by atoms with Gasteiger partial charge in [-0.05, 0) is 19.4 Å². The van der Waals surface area contributed by atoms with Crippen LogP contribution in [0.15, 0.2) is 12.3 Å². The first-order valence-electron chi connectivity index (χ1n) is 5.79. The van der Waals surface area contributed by atoms with Gasteiger partial charge in [0.05, 0.1) is 17.9 Å². The first-order valence-corrected chi connectivity index (χ1v) is 6.16.